The van der Waals surface area contributed by atoms with Crippen LogP contribution >= 0.6 is 34.7 Å². The number of nitrogens with zero attached hydrogens (tertiary/aromatic N) is 2. The van der Waals surface area contributed by atoms with E-state index < -0.39 is 0 Å². The van der Waals surface area contributed by atoms with E-state index in [1.807, 2.05) is 18.2 Å². The molecule has 1 N–H and O–H groups in total. The third kappa shape index (κ3) is 2.86. The summed E-state index contributed by atoms with van der Waals surface area (Å²) in [5.41, 5.74) is 1.20. The third-order valence-corrected chi connectivity index (χ3v) is 4.88. The Bertz CT molecular complexity index is 720. The minimum Gasteiger partial charge on any atom is -0.311 e. The molecule has 0 aliphatic rings. The second kappa shape index (κ2) is 6.18. The molecule has 0 unspecified atom stereocenters. The first kappa shape index (κ1) is 13.9. The van der Waals surface area contributed by atoms with Crippen LogP contribution < -0.4 is 5.32 Å². The predicted molar refractivity (Wildman–Crippen MR) is 86.0 cm³/mol. The van der Waals surface area contributed by atoms with Crippen LogP contribution in [0.3, 0.4) is 0 Å². The number of hydrogen-bond acceptors (Lipinski definition) is 4. The Kier molecular flexibility index (Phi) is 4.31. The van der Waals surface area contributed by atoms with Crippen molar-refractivity contribution < 1.29 is 0 Å². The maximum atomic E-state index is 6.04. The number of rotatable bonds is 5. The van der Waals surface area contributed by atoms with Gasteiger partial charge in [-0.05, 0) is 24.7 Å². The van der Waals surface area contributed by atoms with Gasteiger partial charge in [-0.25, -0.2) is 4.98 Å². The second-order valence-corrected chi connectivity index (χ2v) is 6.63. The van der Waals surface area contributed by atoms with E-state index in [0.29, 0.717) is 0 Å². The molecule has 0 spiro atoms. The number of halogens is 1. The van der Waals surface area contributed by atoms with Crippen molar-refractivity contribution in [1.82, 2.24) is 14.7 Å². The van der Waals surface area contributed by atoms with Crippen LogP contribution in [-0.2, 0) is 6.54 Å². The summed E-state index contributed by atoms with van der Waals surface area (Å²) < 4.78 is 2.15. The van der Waals surface area contributed by atoms with E-state index in [0.717, 1.165) is 33.0 Å². The summed E-state index contributed by atoms with van der Waals surface area (Å²) in [7, 11) is 0. The molecule has 0 fully saturated rings. The molecule has 0 saturated heterocycles. The maximum absolute atomic E-state index is 6.04. The zero-order valence-corrected chi connectivity index (χ0v) is 13.4. The lowest BCUT2D eigenvalue weighted by molar-refractivity contribution is 0.694. The number of nitrogens with one attached hydrogen (secondary N) is 1. The van der Waals surface area contributed by atoms with Crippen LogP contribution in [-0.4, -0.2) is 15.9 Å². The van der Waals surface area contributed by atoms with Gasteiger partial charge in [0, 0.05) is 28.0 Å². The van der Waals surface area contributed by atoms with Crippen molar-refractivity contribution in [3.05, 3.63) is 46.6 Å². The summed E-state index contributed by atoms with van der Waals surface area (Å²) in [5.74, 6) is 0. The lowest BCUT2D eigenvalue weighted by Crippen LogP contribution is -2.13. The summed E-state index contributed by atoms with van der Waals surface area (Å²) in [4.78, 5) is 6.85. The highest BCUT2D eigenvalue weighted by Gasteiger charge is 2.14. The van der Waals surface area contributed by atoms with Gasteiger partial charge in [-0.1, -0.05) is 36.4 Å². The summed E-state index contributed by atoms with van der Waals surface area (Å²) >= 11 is 9.36. The molecule has 0 aliphatic heterocycles. The van der Waals surface area contributed by atoms with Crippen LogP contribution in [0.25, 0.3) is 4.96 Å². The van der Waals surface area contributed by atoms with Crippen LogP contribution in [0.4, 0.5) is 0 Å². The fourth-order valence-electron chi connectivity index (χ4n) is 1.94. The topological polar surface area (TPSA) is 29.3 Å². The summed E-state index contributed by atoms with van der Waals surface area (Å²) in [6.45, 7) is 3.87. The van der Waals surface area contributed by atoms with Gasteiger partial charge in [0.05, 0.1) is 5.69 Å². The Balaban J connectivity index is 1.95. The van der Waals surface area contributed by atoms with Crippen LogP contribution in [0.1, 0.15) is 12.6 Å². The highest BCUT2D eigenvalue weighted by atomic mass is 35.5. The van der Waals surface area contributed by atoms with Crippen LogP contribution in [0, 0.1) is 0 Å². The van der Waals surface area contributed by atoms with Crippen molar-refractivity contribution >= 4 is 39.7 Å². The van der Waals surface area contributed by atoms with E-state index in [9.17, 15) is 0 Å². The molecule has 3 rings (SSSR count). The molecule has 2 aromatic heterocycles. The Labute approximate surface area is 131 Å². The molecule has 0 amide bonds. The van der Waals surface area contributed by atoms with Crippen molar-refractivity contribution in [2.24, 2.45) is 0 Å². The minimum atomic E-state index is 0.754. The van der Waals surface area contributed by atoms with Crippen LogP contribution in [0.5, 0.6) is 0 Å². The molecule has 3 aromatic rings. The summed E-state index contributed by atoms with van der Waals surface area (Å²) in [5, 5.41) is 7.23. The average molecular weight is 324 g/mol. The van der Waals surface area contributed by atoms with E-state index in [-0.39, 0.29) is 0 Å². The first-order valence-electron chi connectivity index (χ1n) is 6.36. The van der Waals surface area contributed by atoms with Crippen molar-refractivity contribution in [2.75, 3.05) is 6.54 Å². The maximum Gasteiger partial charge on any atom is 0.194 e. The Morgan fingerprint density at radius 1 is 1.45 bits per heavy atom. The van der Waals surface area contributed by atoms with Gasteiger partial charge in [-0.3, -0.25) is 4.40 Å². The molecule has 0 aliphatic carbocycles. The smallest absolute Gasteiger partial charge is 0.194 e. The summed E-state index contributed by atoms with van der Waals surface area (Å²) in [6.07, 6.45) is 2.07. The number of imidazole rings is 1. The van der Waals surface area contributed by atoms with Gasteiger partial charge >= 0.3 is 0 Å². The third-order valence-electron chi connectivity index (χ3n) is 2.88. The standard InChI is InChI=1S/C14H14ClN3S2/c1-2-16-9-12-13(17-14-18(12)6-7-19-14)20-11-5-3-4-10(15)8-11/h3-8,16H,2,9H2,1H3. The van der Waals surface area contributed by atoms with Crippen molar-refractivity contribution in [3.8, 4) is 0 Å². The van der Waals surface area contributed by atoms with Gasteiger partial charge in [0.2, 0.25) is 0 Å². The van der Waals surface area contributed by atoms with Crippen LogP contribution in [0.2, 0.25) is 5.02 Å². The normalized spacial score (nSPS) is 11.3. The molecule has 104 valence electrons. The molecule has 2 heterocycles. The molecule has 20 heavy (non-hydrogen) atoms. The highest BCUT2D eigenvalue weighted by Crippen LogP contribution is 2.32. The number of thiazole rings is 1. The molecular formula is C14H14ClN3S2. The van der Waals surface area contributed by atoms with Gasteiger partial charge in [0.1, 0.15) is 5.03 Å². The summed E-state index contributed by atoms with van der Waals surface area (Å²) in [6, 6.07) is 7.88. The number of benzene rings is 1. The van der Waals surface area contributed by atoms with Gasteiger partial charge < -0.3 is 5.32 Å². The number of hydrogen-bond donors (Lipinski definition) is 1. The molecule has 0 atom stereocenters. The van der Waals surface area contributed by atoms with Crippen LogP contribution in [0.15, 0.2) is 45.8 Å². The first-order valence-corrected chi connectivity index (χ1v) is 8.44. The van der Waals surface area contributed by atoms with Gasteiger partial charge in [0.25, 0.3) is 0 Å². The van der Waals surface area contributed by atoms with E-state index in [4.69, 9.17) is 16.6 Å². The highest BCUT2D eigenvalue weighted by molar-refractivity contribution is 7.99. The van der Waals surface area contributed by atoms with Gasteiger partial charge in [0.15, 0.2) is 4.96 Å². The van der Waals surface area contributed by atoms with E-state index in [2.05, 4.69) is 34.3 Å². The quantitative estimate of drug-likeness (QED) is 0.758. The Morgan fingerprint density at radius 2 is 2.35 bits per heavy atom. The monoisotopic (exact) mass is 323 g/mol. The number of aromatic nitrogens is 2. The zero-order chi connectivity index (χ0) is 13.9. The SMILES string of the molecule is CCNCc1c(Sc2cccc(Cl)c2)nc2sccn12. The lowest BCUT2D eigenvalue weighted by atomic mass is 10.4. The molecule has 0 radical (unpaired) electrons. The fraction of sp³-hybridized carbons (Fsp3) is 0.214. The Morgan fingerprint density at radius 3 is 3.15 bits per heavy atom. The van der Waals surface area contributed by atoms with E-state index >= 15 is 0 Å². The van der Waals surface area contributed by atoms with E-state index in [1.54, 1.807) is 23.1 Å². The van der Waals surface area contributed by atoms with Gasteiger partial charge in [-0.15, -0.1) is 11.3 Å². The van der Waals surface area contributed by atoms with Crippen molar-refractivity contribution in [1.29, 1.82) is 0 Å². The average Bonchev–Trinajstić information content (AvgIpc) is 2.98. The minimum absolute atomic E-state index is 0.754. The molecule has 0 saturated carbocycles. The fourth-order valence-corrected chi connectivity index (χ4v) is 3.96. The molecule has 6 heteroatoms. The molecule has 3 nitrogen and oxygen atoms in total. The largest absolute Gasteiger partial charge is 0.311 e. The van der Waals surface area contributed by atoms with Crippen molar-refractivity contribution in [2.45, 2.75) is 23.4 Å². The zero-order valence-electron chi connectivity index (χ0n) is 11.0. The lowest BCUT2D eigenvalue weighted by Gasteiger charge is -2.05. The first-order chi connectivity index (χ1) is 9.78. The van der Waals surface area contributed by atoms with E-state index in [1.165, 1.54) is 5.69 Å². The predicted octanol–water partition coefficient (Wildman–Crippen LogP) is 4.31. The van der Waals surface area contributed by atoms with Gasteiger partial charge in [-0.2, -0.15) is 0 Å². The molecular weight excluding hydrogens is 310 g/mol. The Hall–Kier alpha value is -1.01. The second-order valence-electron chi connectivity index (χ2n) is 4.26. The molecule has 0 bridgehead atoms. The van der Waals surface area contributed by atoms with Crippen molar-refractivity contribution in [3.63, 3.8) is 0 Å². The molecule has 1 aromatic carbocycles. The number of fused-ring (bicyclic) bond motifs is 1.